The molecule has 0 radical (unpaired) electrons. The molecule has 19 heavy (non-hydrogen) atoms. The maximum absolute atomic E-state index is 10.5. The van der Waals surface area contributed by atoms with Gasteiger partial charge in [-0.05, 0) is 18.6 Å². The molecule has 0 saturated carbocycles. The number of carbonyl (C=O) groups is 2. The first-order valence-electron chi connectivity index (χ1n) is 5.36. The lowest BCUT2D eigenvalue weighted by molar-refractivity contribution is -0.163. The van der Waals surface area contributed by atoms with Crippen LogP contribution in [0.25, 0.3) is 0 Å². The Morgan fingerprint density at radius 1 is 1.11 bits per heavy atom. The first-order chi connectivity index (χ1) is 8.80. The summed E-state index contributed by atoms with van der Waals surface area (Å²) in [5.74, 6) is -0.775. The number of hydrogen-bond donors (Lipinski definition) is 2. The van der Waals surface area contributed by atoms with Gasteiger partial charge in [0.1, 0.15) is 4.90 Å². The number of para-hydroxylation sites is 1. The Labute approximate surface area is 110 Å². The molecule has 0 amide bonds. The molecule has 0 aliphatic carbocycles. The molecule has 0 atom stereocenters. The molecule has 0 aromatic heterocycles. The van der Waals surface area contributed by atoms with Crippen LogP contribution in [0.15, 0.2) is 29.2 Å². The zero-order valence-corrected chi connectivity index (χ0v) is 10.7. The second-order valence-electron chi connectivity index (χ2n) is 3.71. The van der Waals surface area contributed by atoms with Crippen LogP contribution in [0, 0.1) is 0 Å². The van der Waals surface area contributed by atoms with Gasteiger partial charge in [0, 0.05) is 12.8 Å². The SMILES string of the molecule is Nc1ccccc1S(=O)(=O)O.O=C1CCCC(=O)O1. The highest BCUT2D eigenvalue weighted by Gasteiger charge is 2.16. The van der Waals surface area contributed by atoms with Crippen LogP contribution >= 0.6 is 0 Å². The predicted octanol–water partition coefficient (Wildman–Crippen LogP) is 0.756. The van der Waals surface area contributed by atoms with Gasteiger partial charge in [-0.1, -0.05) is 12.1 Å². The highest BCUT2D eigenvalue weighted by Crippen LogP contribution is 2.15. The van der Waals surface area contributed by atoms with Crippen molar-refractivity contribution in [2.75, 3.05) is 5.73 Å². The largest absolute Gasteiger partial charge is 0.398 e. The zero-order chi connectivity index (χ0) is 14.5. The minimum atomic E-state index is -4.16. The summed E-state index contributed by atoms with van der Waals surface area (Å²) < 4.78 is 33.8. The Bertz CT molecular complexity index is 567. The third-order valence-electron chi connectivity index (χ3n) is 2.19. The van der Waals surface area contributed by atoms with E-state index < -0.39 is 10.1 Å². The van der Waals surface area contributed by atoms with E-state index >= 15 is 0 Å². The zero-order valence-electron chi connectivity index (χ0n) is 9.90. The van der Waals surface area contributed by atoms with E-state index in [1.54, 1.807) is 6.07 Å². The molecular formula is C11H13NO6S. The Morgan fingerprint density at radius 2 is 1.63 bits per heavy atom. The minimum absolute atomic E-state index is 0.0509. The molecule has 1 aromatic rings. The molecule has 1 aliphatic heterocycles. The Hall–Kier alpha value is -1.93. The van der Waals surface area contributed by atoms with Crippen molar-refractivity contribution in [2.45, 2.75) is 24.2 Å². The summed E-state index contributed by atoms with van der Waals surface area (Å²) in [6, 6.07) is 5.72. The van der Waals surface area contributed by atoms with E-state index in [1.807, 2.05) is 0 Å². The molecule has 0 spiro atoms. The van der Waals surface area contributed by atoms with Crippen molar-refractivity contribution in [1.29, 1.82) is 0 Å². The monoisotopic (exact) mass is 287 g/mol. The van der Waals surface area contributed by atoms with E-state index in [1.165, 1.54) is 18.2 Å². The topological polar surface area (TPSA) is 124 Å². The van der Waals surface area contributed by atoms with Gasteiger partial charge in [-0.25, -0.2) is 0 Å². The standard InChI is InChI=1S/C6H7NO3S.C5H6O3/c7-5-3-1-2-4-6(5)11(8,9)10;6-4-2-1-3-5(7)8-4/h1-4H,7H2,(H,8,9,10);1-3H2. The number of cyclic esters (lactones) is 2. The summed E-state index contributed by atoms with van der Waals surface area (Å²) in [5.41, 5.74) is 5.32. The van der Waals surface area contributed by atoms with Crippen molar-refractivity contribution in [1.82, 2.24) is 0 Å². The first kappa shape index (κ1) is 15.1. The summed E-state index contributed by atoms with van der Waals surface area (Å²) >= 11 is 0. The van der Waals surface area contributed by atoms with E-state index in [2.05, 4.69) is 4.74 Å². The lowest BCUT2D eigenvalue weighted by Crippen LogP contribution is -2.17. The minimum Gasteiger partial charge on any atom is -0.398 e. The average molecular weight is 287 g/mol. The lowest BCUT2D eigenvalue weighted by atomic mass is 10.2. The van der Waals surface area contributed by atoms with Crippen molar-refractivity contribution in [3.8, 4) is 0 Å². The highest BCUT2D eigenvalue weighted by atomic mass is 32.2. The van der Waals surface area contributed by atoms with Crippen molar-refractivity contribution in [2.24, 2.45) is 0 Å². The molecule has 2 rings (SSSR count). The van der Waals surface area contributed by atoms with Gasteiger partial charge in [0.25, 0.3) is 10.1 Å². The van der Waals surface area contributed by atoms with Gasteiger partial charge in [0.05, 0.1) is 5.69 Å². The molecule has 7 nitrogen and oxygen atoms in total. The Kier molecular flexibility index (Phi) is 5.02. The smallest absolute Gasteiger partial charge is 0.313 e. The maximum atomic E-state index is 10.5. The van der Waals surface area contributed by atoms with Crippen LogP contribution < -0.4 is 5.73 Å². The van der Waals surface area contributed by atoms with Crippen molar-refractivity contribution in [3.63, 3.8) is 0 Å². The summed E-state index contributed by atoms with van der Waals surface area (Å²) in [6.45, 7) is 0. The number of hydrogen-bond acceptors (Lipinski definition) is 6. The third-order valence-corrected chi connectivity index (χ3v) is 3.11. The van der Waals surface area contributed by atoms with E-state index in [4.69, 9.17) is 10.3 Å². The normalized spacial score (nSPS) is 15.2. The molecule has 1 aliphatic rings. The average Bonchev–Trinajstić information content (AvgIpc) is 2.28. The molecule has 0 bridgehead atoms. The van der Waals surface area contributed by atoms with Crippen molar-refractivity contribution >= 4 is 27.7 Å². The van der Waals surface area contributed by atoms with Gasteiger partial charge in [-0.3, -0.25) is 14.1 Å². The van der Waals surface area contributed by atoms with Crippen LogP contribution in [-0.4, -0.2) is 24.9 Å². The van der Waals surface area contributed by atoms with Gasteiger partial charge < -0.3 is 10.5 Å². The fourth-order valence-corrected chi connectivity index (χ4v) is 1.94. The second kappa shape index (κ2) is 6.30. The number of nitrogens with two attached hydrogens (primary N) is 1. The van der Waals surface area contributed by atoms with Gasteiger partial charge in [0.2, 0.25) is 0 Å². The highest BCUT2D eigenvalue weighted by molar-refractivity contribution is 7.86. The van der Waals surface area contributed by atoms with Gasteiger partial charge in [-0.15, -0.1) is 0 Å². The van der Waals surface area contributed by atoms with E-state index in [9.17, 15) is 18.0 Å². The van der Waals surface area contributed by atoms with Gasteiger partial charge in [-0.2, -0.15) is 8.42 Å². The molecule has 1 fully saturated rings. The number of nitrogen functional groups attached to an aromatic ring is 1. The molecular weight excluding hydrogens is 274 g/mol. The predicted molar refractivity (Wildman–Crippen MR) is 65.6 cm³/mol. The van der Waals surface area contributed by atoms with Crippen molar-refractivity contribution in [3.05, 3.63) is 24.3 Å². The number of benzene rings is 1. The Balaban J connectivity index is 0.000000200. The van der Waals surface area contributed by atoms with Crippen LogP contribution in [0.4, 0.5) is 5.69 Å². The fraction of sp³-hybridized carbons (Fsp3) is 0.273. The van der Waals surface area contributed by atoms with E-state index in [0.717, 1.165) is 0 Å². The molecule has 1 aromatic carbocycles. The van der Waals surface area contributed by atoms with Crippen molar-refractivity contribution < 1.29 is 27.3 Å². The summed E-state index contributed by atoms with van der Waals surface area (Å²) in [4.78, 5) is 20.2. The molecule has 3 N–H and O–H groups in total. The summed E-state index contributed by atoms with van der Waals surface area (Å²) in [5, 5.41) is 0. The Morgan fingerprint density at radius 3 is 1.95 bits per heavy atom. The van der Waals surface area contributed by atoms with Crippen LogP contribution in [0.1, 0.15) is 19.3 Å². The number of rotatable bonds is 1. The number of esters is 2. The van der Waals surface area contributed by atoms with E-state index in [0.29, 0.717) is 19.3 Å². The summed E-state index contributed by atoms with van der Waals surface area (Å²) in [7, 11) is -4.16. The van der Waals surface area contributed by atoms with Crippen LogP contribution in [0.3, 0.4) is 0 Å². The third kappa shape index (κ3) is 5.06. The van der Waals surface area contributed by atoms with Crippen LogP contribution in [0.5, 0.6) is 0 Å². The number of carbonyl (C=O) groups excluding carboxylic acids is 2. The number of ether oxygens (including phenoxy) is 1. The maximum Gasteiger partial charge on any atom is 0.313 e. The molecule has 1 saturated heterocycles. The van der Waals surface area contributed by atoms with Crippen LogP contribution in [0.2, 0.25) is 0 Å². The number of anilines is 1. The van der Waals surface area contributed by atoms with E-state index in [-0.39, 0.29) is 22.5 Å². The van der Waals surface area contributed by atoms with Gasteiger partial charge in [0.15, 0.2) is 0 Å². The van der Waals surface area contributed by atoms with Gasteiger partial charge >= 0.3 is 11.9 Å². The van der Waals surface area contributed by atoms with Crippen LogP contribution in [-0.2, 0) is 24.4 Å². The molecule has 104 valence electrons. The fourth-order valence-electron chi connectivity index (χ4n) is 1.32. The quantitative estimate of drug-likeness (QED) is 0.338. The molecule has 1 heterocycles. The molecule has 0 unspecified atom stereocenters. The molecule has 8 heteroatoms. The first-order valence-corrected chi connectivity index (χ1v) is 6.80. The second-order valence-corrected chi connectivity index (χ2v) is 5.10. The summed E-state index contributed by atoms with van der Waals surface area (Å²) in [6.07, 6.45) is 1.44. The lowest BCUT2D eigenvalue weighted by Gasteiger charge is -2.06.